The summed E-state index contributed by atoms with van der Waals surface area (Å²) in [5.41, 5.74) is 3.76. The van der Waals surface area contributed by atoms with Gasteiger partial charge >= 0.3 is 0 Å². The van der Waals surface area contributed by atoms with Gasteiger partial charge in [-0.15, -0.1) is 0 Å². The fraction of sp³-hybridized carbons (Fsp3) is 0.480. The summed E-state index contributed by atoms with van der Waals surface area (Å²) in [6.07, 6.45) is 1.04. The molecule has 1 fully saturated rings. The van der Waals surface area contributed by atoms with Crippen LogP contribution in [0.25, 0.3) is 0 Å². The summed E-state index contributed by atoms with van der Waals surface area (Å²) in [6.45, 7) is 11.7. The Hall–Kier alpha value is -2.18. The molecule has 2 aromatic rings. The molecule has 0 amide bonds. The van der Waals surface area contributed by atoms with Crippen molar-refractivity contribution in [1.82, 2.24) is 4.31 Å². The van der Waals surface area contributed by atoms with Gasteiger partial charge in [0, 0.05) is 24.3 Å². The van der Waals surface area contributed by atoms with Crippen LogP contribution in [-0.2, 0) is 10.0 Å². The number of rotatable bonds is 7. The second kappa shape index (κ2) is 9.53. The van der Waals surface area contributed by atoms with Crippen molar-refractivity contribution in [2.45, 2.75) is 51.9 Å². The zero-order valence-corrected chi connectivity index (χ0v) is 20.0. The summed E-state index contributed by atoms with van der Waals surface area (Å²) >= 11 is 0. The van der Waals surface area contributed by atoms with Gasteiger partial charge in [-0.05, 0) is 66.5 Å². The molecule has 1 aliphatic heterocycles. The summed E-state index contributed by atoms with van der Waals surface area (Å²) in [7, 11) is -3.61. The minimum atomic E-state index is -3.61. The second-order valence-electron chi connectivity index (χ2n) is 9.30. The van der Waals surface area contributed by atoms with Crippen LogP contribution in [0.1, 0.15) is 61.5 Å². The molecule has 0 bridgehead atoms. The smallest absolute Gasteiger partial charge is 0.243 e. The van der Waals surface area contributed by atoms with Crippen LogP contribution in [0.15, 0.2) is 47.4 Å². The molecule has 2 aromatic carbocycles. The van der Waals surface area contributed by atoms with Gasteiger partial charge in [0.15, 0.2) is 5.78 Å². The lowest BCUT2D eigenvalue weighted by Gasteiger charge is -2.34. The van der Waals surface area contributed by atoms with E-state index in [0.29, 0.717) is 36.4 Å². The minimum Gasteiger partial charge on any atom is -0.378 e. The Morgan fingerprint density at radius 3 is 2.39 bits per heavy atom. The van der Waals surface area contributed by atoms with Gasteiger partial charge in [0.2, 0.25) is 10.0 Å². The third kappa shape index (κ3) is 5.55. The van der Waals surface area contributed by atoms with Gasteiger partial charge in [-0.2, -0.15) is 4.31 Å². The van der Waals surface area contributed by atoms with Gasteiger partial charge in [-0.25, -0.2) is 8.42 Å². The molecular formula is C25H34N2O3S. The van der Waals surface area contributed by atoms with Crippen molar-refractivity contribution in [1.29, 1.82) is 0 Å². The van der Waals surface area contributed by atoms with Crippen molar-refractivity contribution in [3.05, 3.63) is 59.2 Å². The van der Waals surface area contributed by atoms with Crippen molar-refractivity contribution in [2.75, 3.05) is 25.0 Å². The maximum atomic E-state index is 13.2. The number of benzene rings is 2. The normalized spacial score (nSPS) is 20.1. The number of Topliss-reactive ketones (excluding diaryl/α,β-unsaturated/α-hetero) is 1. The van der Waals surface area contributed by atoms with Crippen LogP contribution in [0.5, 0.6) is 0 Å². The minimum absolute atomic E-state index is 0.113. The molecule has 5 nitrogen and oxygen atoms in total. The van der Waals surface area contributed by atoms with Crippen LogP contribution in [0.4, 0.5) is 5.69 Å². The Bertz CT molecular complexity index is 1040. The van der Waals surface area contributed by atoms with Gasteiger partial charge in [0.25, 0.3) is 0 Å². The van der Waals surface area contributed by atoms with E-state index < -0.39 is 10.0 Å². The predicted octanol–water partition coefficient (Wildman–Crippen LogP) is 5.08. The zero-order valence-electron chi connectivity index (χ0n) is 19.2. The highest BCUT2D eigenvalue weighted by atomic mass is 32.2. The fourth-order valence-corrected chi connectivity index (χ4v) is 6.22. The summed E-state index contributed by atoms with van der Waals surface area (Å²) in [5, 5.41) is 3.17. The van der Waals surface area contributed by atoms with E-state index in [1.165, 1.54) is 17.2 Å². The Labute approximate surface area is 186 Å². The number of carbonyl (C=O) groups excluding carboxylic acids is 1. The number of piperidine rings is 1. The highest BCUT2D eigenvalue weighted by Gasteiger charge is 2.31. The van der Waals surface area contributed by atoms with Crippen LogP contribution < -0.4 is 5.32 Å². The van der Waals surface area contributed by atoms with Crippen molar-refractivity contribution in [3.63, 3.8) is 0 Å². The molecule has 2 unspecified atom stereocenters. The maximum Gasteiger partial charge on any atom is 0.243 e. The average molecular weight is 443 g/mol. The Morgan fingerprint density at radius 1 is 1.10 bits per heavy atom. The van der Waals surface area contributed by atoms with E-state index in [4.69, 9.17) is 0 Å². The number of nitrogens with one attached hydrogen (secondary N) is 1. The first-order valence-corrected chi connectivity index (χ1v) is 12.5. The number of nitrogens with zero attached hydrogens (tertiary/aromatic N) is 1. The zero-order chi connectivity index (χ0) is 22.8. The van der Waals surface area contributed by atoms with Crippen LogP contribution >= 0.6 is 0 Å². The van der Waals surface area contributed by atoms with Crippen LogP contribution in [-0.4, -0.2) is 38.1 Å². The summed E-state index contributed by atoms with van der Waals surface area (Å²) in [6, 6.07) is 12.5. The molecule has 31 heavy (non-hydrogen) atoms. The summed E-state index contributed by atoms with van der Waals surface area (Å²) < 4.78 is 27.9. The lowest BCUT2D eigenvalue weighted by molar-refractivity contribution is 0.101. The lowest BCUT2D eigenvalue weighted by atomic mass is 9.94. The van der Waals surface area contributed by atoms with E-state index in [1.807, 2.05) is 12.1 Å². The van der Waals surface area contributed by atoms with E-state index in [9.17, 15) is 13.2 Å². The van der Waals surface area contributed by atoms with E-state index in [-0.39, 0.29) is 17.2 Å². The molecule has 0 spiro atoms. The molecule has 3 rings (SSSR count). The largest absolute Gasteiger partial charge is 0.378 e. The van der Waals surface area contributed by atoms with Gasteiger partial charge in [-0.1, -0.05) is 45.9 Å². The monoisotopic (exact) mass is 442 g/mol. The number of ketones is 1. The second-order valence-corrected chi connectivity index (χ2v) is 11.2. The van der Waals surface area contributed by atoms with Crippen molar-refractivity contribution in [3.8, 4) is 0 Å². The van der Waals surface area contributed by atoms with Crippen LogP contribution in [0, 0.1) is 18.8 Å². The third-order valence-electron chi connectivity index (χ3n) is 5.97. The van der Waals surface area contributed by atoms with Gasteiger partial charge in [0.1, 0.15) is 0 Å². The maximum absolute atomic E-state index is 13.2. The highest BCUT2D eigenvalue weighted by molar-refractivity contribution is 7.89. The highest BCUT2D eigenvalue weighted by Crippen LogP contribution is 2.27. The molecule has 0 aliphatic carbocycles. The van der Waals surface area contributed by atoms with Crippen LogP contribution in [0.3, 0.4) is 0 Å². The van der Waals surface area contributed by atoms with E-state index in [2.05, 4.69) is 46.0 Å². The number of hydrogen-bond acceptors (Lipinski definition) is 4. The number of aryl methyl sites for hydroxylation is 1. The molecule has 168 valence electrons. The first-order chi connectivity index (χ1) is 14.6. The van der Waals surface area contributed by atoms with E-state index in [0.717, 1.165) is 12.1 Å². The number of carbonyl (C=O) groups is 1. The SMILES string of the molecule is Cc1cc(NCC(=O)c2cccc(S(=O)(=O)N3CC(C)CC(C)C3)c2)ccc1C(C)C. The number of anilines is 1. The quantitative estimate of drug-likeness (QED) is 0.607. The fourth-order valence-electron chi connectivity index (χ4n) is 4.50. The van der Waals surface area contributed by atoms with Gasteiger partial charge in [0.05, 0.1) is 11.4 Å². The molecule has 6 heteroatoms. The molecule has 1 heterocycles. The third-order valence-corrected chi connectivity index (χ3v) is 7.80. The topological polar surface area (TPSA) is 66.5 Å². The van der Waals surface area contributed by atoms with Gasteiger partial charge < -0.3 is 5.32 Å². The summed E-state index contributed by atoms with van der Waals surface area (Å²) in [5.74, 6) is 0.977. The average Bonchev–Trinajstić information content (AvgIpc) is 2.71. The molecule has 1 N–H and O–H groups in total. The molecule has 2 atom stereocenters. The molecular weight excluding hydrogens is 408 g/mol. The summed E-state index contributed by atoms with van der Waals surface area (Å²) in [4.78, 5) is 13.0. The van der Waals surface area contributed by atoms with Gasteiger partial charge in [-0.3, -0.25) is 4.79 Å². The van der Waals surface area contributed by atoms with Crippen LogP contribution in [0.2, 0.25) is 0 Å². The predicted molar refractivity (Wildman–Crippen MR) is 126 cm³/mol. The van der Waals surface area contributed by atoms with E-state index in [1.54, 1.807) is 22.5 Å². The molecule has 1 saturated heterocycles. The van der Waals surface area contributed by atoms with Crippen molar-refractivity contribution < 1.29 is 13.2 Å². The standard InChI is InChI=1S/C25H34N2O3S/c1-17(2)24-10-9-22(12-20(24)5)26-14-25(28)21-7-6-8-23(13-21)31(29,30)27-15-18(3)11-19(4)16-27/h6-10,12-13,17-19,26H,11,14-16H2,1-5H3. The number of hydrogen-bond donors (Lipinski definition) is 1. The molecule has 1 aliphatic rings. The first kappa shape index (κ1) is 23.5. The van der Waals surface area contributed by atoms with Crippen molar-refractivity contribution in [2.24, 2.45) is 11.8 Å². The molecule has 0 aromatic heterocycles. The van der Waals surface area contributed by atoms with Crippen molar-refractivity contribution >= 4 is 21.5 Å². The van der Waals surface area contributed by atoms with E-state index >= 15 is 0 Å². The molecule has 0 radical (unpaired) electrons. The lowest BCUT2D eigenvalue weighted by Crippen LogP contribution is -2.42. The Balaban J connectivity index is 1.72. The first-order valence-electron chi connectivity index (χ1n) is 11.1. The molecule has 0 saturated carbocycles. The Morgan fingerprint density at radius 2 is 1.77 bits per heavy atom. The number of sulfonamides is 1. The Kier molecular flexibility index (Phi) is 7.22.